The van der Waals surface area contributed by atoms with Crippen LogP contribution in [0.25, 0.3) is 10.2 Å². The fourth-order valence-corrected chi connectivity index (χ4v) is 3.53. The Labute approximate surface area is 138 Å². The van der Waals surface area contributed by atoms with Crippen molar-refractivity contribution in [3.8, 4) is 0 Å². The maximum absolute atomic E-state index is 12.3. The number of fused-ring (bicyclic) bond motifs is 1. The zero-order chi connectivity index (χ0) is 16.4. The van der Waals surface area contributed by atoms with E-state index < -0.39 is 12.1 Å². The van der Waals surface area contributed by atoms with Crippen molar-refractivity contribution in [2.75, 3.05) is 13.2 Å². The fraction of sp³-hybridized carbons (Fsp3) is 0.500. The number of hydrogen-bond acceptors (Lipinski definition) is 5. The molecule has 7 heteroatoms. The van der Waals surface area contributed by atoms with Gasteiger partial charge in [0.25, 0.3) is 5.91 Å². The maximum Gasteiger partial charge on any atom is 0.355 e. The Bertz CT molecular complexity index is 715. The number of nitrogens with one attached hydrogen (secondary N) is 1. The Morgan fingerprint density at radius 1 is 1.57 bits per heavy atom. The Morgan fingerprint density at radius 3 is 3.09 bits per heavy atom. The van der Waals surface area contributed by atoms with E-state index in [-0.39, 0.29) is 12.0 Å². The van der Waals surface area contributed by atoms with Crippen LogP contribution in [-0.2, 0) is 21.3 Å². The van der Waals surface area contributed by atoms with Crippen LogP contribution in [0.5, 0.6) is 0 Å². The van der Waals surface area contributed by atoms with Gasteiger partial charge in [0.2, 0.25) is 0 Å². The molecule has 124 valence electrons. The molecule has 2 aromatic heterocycles. The van der Waals surface area contributed by atoms with E-state index in [1.165, 1.54) is 0 Å². The molecule has 1 saturated heterocycles. The Hall–Kier alpha value is -1.86. The summed E-state index contributed by atoms with van der Waals surface area (Å²) in [6.45, 7) is 2.78. The molecular formula is C16H20N2O4S. The molecule has 3 rings (SSSR count). The van der Waals surface area contributed by atoms with E-state index in [0.29, 0.717) is 12.2 Å². The average molecular weight is 336 g/mol. The minimum absolute atomic E-state index is 0.0708. The number of amides is 1. The van der Waals surface area contributed by atoms with Gasteiger partial charge in [-0.05, 0) is 37.3 Å². The Kier molecular flexibility index (Phi) is 4.68. The van der Waals surface area contributed by atoms with Crippen molar-refractivity contribution in [1.82, 2.24) is 9.88 Å². The molecule has 2 aromatic rings. The van der Waals surface area contributed by atoms with Gasteiger partial charge in [-0.1, -0.05) is 0 Å². The van der Waals surface area contributed by atoms with Crippen LogP contribution in [-0.4, -0.2) is 41.8 Å². The first kappa shape index (κ1) is 16.0. The van der Waals surface area contributed by atoms with Gasteiger partial charge in [-0.3, -0.25) is 4.79 Å². The van der Waals surface area contributed by atoms with Gasteiger partial charge in [-0.15, -0.1) is 11.3 Å². The van der Waals surface area contributed by atoms with Crippen LogP contribution in [0.4, 0.5) is 0 Å². The molecule has 0 saturated carbocycles. The molecule has 1 fully saturated rings. The molecule has 2 atom stereocenters. The molecule has 0 aliphatic carbocycles. The number of aryl methyl sites for hydroxylation is 1. The molecule has 6 nitrogen and oxygen atoms in total. The average Bonchev–Trinajstić information content (AvgIpc) is 3.23. The van der Waals surface area contributed by atoms with Crippen molar-refractivity contribution >= 4 is 33.4 Å². The van der Waals surface area contributed by atoms with Gasteiger partial charge in [-0.2, -0.15) is 0 Å². The number of nitrogens with zero attached hydrogens (tertiary/aromatic N) is 1. The topological polar surface area (TPSA) is 69.6 Å². The van der Waals surface area contributed by atoms with Gasteiger partial charge in [0.05, 0.1) is 16.3 Å². The molecule has 0 unspecified atom stereocenters. The van der Waals surface area contributed by atoms with Gasteiger partial charge in [0.15, 0.2) is 6.10 Å². The highest BCUT2D eigenvalue weighted by Crippen LogP contribution is 2.24. The lowest BCUT2D eigenvalue weighted by Crippen LogP contribution is -2.39. The van der Waals surface area contributed by atoms with E-state index in [1.807, 2.05) is 18.5 Å². The van der Waals surface area contributed by atoms with Gasteiger partial charge >= 0.3 is 5.97 Å². The summed E-state index contributed by atoms with van der Waals surface area (Å²) in [7, 11) is 1.81. The van der Waals surface area contributed by atoms with Crippen molar-refractivity contribution in [2.45, 2.75) is 32.0 Å². The standard InChI is InChI=1S/C16H20N2O4S/c1-10(15(19)17-9-11-4-3-6-21-11)22-16(20)13-8-14-12(18(13)2)5-7-23-14/h5,7-8,10-11H,3-4,6,9H2,1-2H3,(H,17,19)/t10-,11+/m0/s1. The largest absolute Gasteiger partial charge is 0.448 e. The van der Waals surface area contributed by atoms with Crippen LogP contribution in [0.1, 0.15) is 30.3 Å². The predicted molar refractivity (Wildman–Crippen MR) is 87.7 cm³/mol. The number of hydrogen-bond donors (Lipinski definition) is 1. The highest BCUT2D eigenvalue weighted by atomic mass is 32.1. The van der Waals surface area contributed by atoms with Crippen molar-refractivity contribution in [2.24, 2.45) is 7.05 Å². The maximum atomic E-state index is 12.3. The molecule has 1 aliphatic heterocycles. The lowest BCUT2D eigenvalue weighted by molar-refractivity contribution is -0.129. The highest BCUT2D eigenvalue weighted by molar-refractivity contribution is 7.17. The third-order valence-corrected chi connectivity index (χ3v) is 4.91. The summed E-state index contributed by atoms with van der Waals surface area (Å²) in [5, 5.41) is 4.74. The first-order valence-corrected chi connectivity index (χ1v) is 8.57. The zero-order valence-electron chi connectivity index (χ0n) is 13.2. The zero-order valence-corrected chi connectivity index (χ0v) is 14.0. The van der Waals surface area contributed by atoms with Gasteiger partial charge in [-0.25, -0.2) is 4.79 Å². The van der Waals surface area contributed by atoms with E-state index in [9.17, 15) is 9.59 Å². The van der Waals surface area contributed by atoms with Crippen molar-refractivity contribution in [3.05, 3.63) is 23.2 Å². The number of thiophene rings is 1. The third kappa shape index (κ3) is 3.40. The van der Waals surface area contributed by atoms with E-state index in [1.54, 1.807) is 28.9 Å². The molecule has 23 heavy (non-hydrogen) atoms. The number of rotatable bonds is 5. The Morgan fingerprint density at radius 2 is 2.39 bits per heavy atom. The number of carbonyl (C=O) groups is 2. The van der Waals surface area contributed by atoms with Crippen LogP contribution in [0.15, 0.2) is 17.5 Å². The lowest BCUT2D eigenvalue weighted by Gasteiger charge is -2.15. The summed E-state index contributed by atoms with van der Waals surface area (Å²) in [6, 6.07) is 3.74. The summed E-state index contributed by atoms with van der Waals surface area (Å²) in [5.74, 6) is -0.791. The van der Waals surface area contributed by atoms with Crippen molar-refractivity contribution in [1.29, 1.82) is 0 Å². The van der Waals surface area contributed by atoms with Crippen LogP contribution in [0.3, 0.4) is 0 Å². The molecule has 1 aliphatic rings. The van der Waals surface area contributed by atoms with Crippen LogP contribution in [0.2, 0.25) is 0 Å². The van der Waals surface area contributed by atoms with Crippen molar-refractivity contribution < 1.29 is 19.1 Å². The minimum Gasteiger partial charge on any atom is -0.448 e. The number of carbonyl (C=O) groups excluding carboxylic acids is 2. The minimum atomic E-state index is -0.836. The Balaban J connectivity index is 1.56. The van der Waals surface area contributed by atoms with E-state index in [2.05, 4.69) is 5.32 Å². The molecule has 1 amide bonds. The first-order valence-electron chi connectivity index (χ1n) is 7.69. The van der Waals surface area contributed by atoms with Gasteiger partial charge in [0, 0.05) is 20.2 Å². The molecule has 0 aromatic carbocycles. The van der Waals surface area contributed by atoms with E-state index in [4.69, 9.17) is 9.47 Å². The second kappa shape index (κ2) is 6.72. The highest BCUT2D eigenvalue weighted by Gasteiger charge is 2.23. The molecule has 0 spiro atoms. The fourth-order valence-electron chi connectivity index (χ4n) is 2.68. The second-order valence-electron chi connectivity index (χ2n) is 5.69. The summed E-state index contributed by atoms with van der Waals surface area (Å²) in [6.07, 6.45) is 1.21. The smallest absolute Gasteiger partial charge is 0.355 e. The van der Waals surface area contributed by atoms with Crippen LogP contribution in [0, 0.1) is 0 Å². The van der Waals surface area contributed by atoms with Gasteiger partial charge < -0.3 is 19.4 Å². The normalized spacial score (nSPS) is 19.0. The number of ether oxygens (including phenoxy) is 2. The predicted octanol–water partition coefficient (Wildman–Crippen LogP) is 2.08. The molecule has 0 bridgehead atoms. The summed E-state index contributed by atoms with van der Waals surface area (Å²) in [4.78, 5) is 24.3. The summed E-state index contributed by atoms with van der Waals surface area (Å²) in [5.41, 5.74) is 1.43. The first-order chi connectivity index (χ1) is 11.1. The number of aromatic nitrogens is 1. The molecule has 3 heterocycles. The monoisotopic (exact) mass is 336 g/mol. The van der Waals surface area contributed by atoms with Crippen LogP contribution >= 0.6 is 11.3 Å². The quantitative estimate of drug-likeness (QED) is 0.849. The summed E-state index contributed by atoms with van der Waals surface area (Å²) < 4.78 is 13.5. The summed E-state index contributed by atoms with van der Waals surface area (Å²) >= 11 is 1.57. The third-order valence-electron chi connectivity index (χ3n) is 4.05. The second-order valence-corrected chi connectivity index (χ2v) is 6.63. The lowest BCUT2D eigenvalue weighted by atomic mass is 10.2. The molecular weight excluding hydrogens is 316 g/mol. The van der Waals surface area contributed by atoms with E-state index in [0.717, 1.165) is 29.7 Å². The number of esters is 1. The molecule has 1 N–H and O–H groups in total. The van der Waals surface area contributed by atoms with Crippen molar-refractivity contribution in [3.63, 3.8) is 0 Å². The van der Waals surface area contributed by atoms with Crippen LogP contribution < -0.4 is 5.32 Å². The SMILES string of the molecule is C[C@H](OC(=O)c1cc2sccc2n1C)C(=O)NC[C@H]1CCCO1. The van der Waals surface area contributed by atoms with Gasteiger partial charge in [0.1, 0.15) is 5.69 Å². The van der Waals surface area contributed by atoms with E-state index >= 15 is 0 Å². The molecule has 0 radical (unpaired) electrons.